The van der Waals surface area contributed by atoms with Gasteiger partial charge in [0.1, 0.15) is 5.76 Å². The number of halogens is 2. The van der Waals surface area contributed by atoms with Gasteiger partial charge in [-0.2, -0.15) is 0 Å². The number of aromatic nitrogens is 2. The number of nitrogens with zero attached hydrogens (tertiary/aromatic N) is 3. The van der Waals surface area contributed by atoms with E-state index in [0.29, 0.717) is 17.4 Å². The Balaban J connectivity index is 0.00000182. The minimum Gasteiger partial charge on any atom is -0.455 e. The van der Waals surface area contributed by atoms with Crippen LogP contribution in [0.3, 0.4) is 0 Å². The number of rotatable bonds is 7. The topological polar surface area (TPSA) is 63.3 Å². The first kappa shape index (κ1) is 23.9. The summed E-state index contributed by atoms with van der Waals surface area (Å²) < 4.78 is 7.74. The molecule has 0 bridgehead atoms. The molecule has 27 heavy (non-hydrogen) atoms. The van der Waals surface area contributed by atoms with Crippen molar-refractivity contribution in [3.8, 4) is 0 Å². The zero-order chi connectivity index (χ0) is 17.6. The van der Waals surface area contributed by atoms with E-state index in [4.69, 9.17) is 4.42 Å². The minimum absolute atomic E-state index is 0. The summed E-state index contributed by atoms with van der Waals surface area (Å²) in [7, 11) is 1.96. The summed E-state index contributed by atoms with van der Waals surface area (Å²) in [5.41, 5.74) is 0. The molecule has 3 heterocycles. The van der Waals surface area contributed by atoms with Crippen molar-refractivity contribution in [2.75, 3.05) is 26.2 Å². The lowest BCUT2D eigenvalue weighted by atomic mass is 9.96. The summed E-state index contributed by atoms with van der Waals surface area (Å²) >= 11 is 1.60. The molecule has 1 amide bonds. The lowest BCUT2D eigenvalue weighted by Crippen LogP contribution is -2.40. The van der Waals surface area contributed by atoms with Crippen LogP contribution in [0.15, 0.2) is 34.1 Å². The molecule has 1 saturated heterocycles. The van der Waals surface area contributed by atoms with Crippen LogP contribution < -0.4 is 5.32 Å². The van der Waals surface area contributed by atoms with Crippen molar-refractivity contribution in [1.82, 2.24) is 19.8 Å². The molecule has 2 aromatic rings. The Morgan fingerprint density at radius 1 is 1.33 bits per heavy atom. The summed E-state index contributed by atoms with van der Waals surface area (Å²) in [6.45, 7) is 5.80. The maximum atomic E-state index is 12.6. The third kappa shape index (κ3) is 6.45. The van der Waals surface area contributed by atoms with Crippen LogP contribution in [0.5, 0.6) is 0 Å². The molecular weight excluding hydrogens is 407 g/mol. The van der Waals surface area contributed by atoms with Crippen molar-refractivity contribution >= 4 is 42.5 Å². The Morgan fingerprint density at radius 2 is 2.07 bits per heavy atom. The van der Waals surface area contributed by atoms with Gasteiger partial charge in [0.2, 0.25) is 0 Å². The maximum Gasteiger partial charge on any atom is 0.289 e. The van der Waals surface area contributed by atoms with Crippen molar-refractivity contribution in [3.63, 3.8) is 0 Å². The van der Waals surface area contributed by atoms with E-state index in [1.54, 1.807) is 24.0 Å². The van der Waals surface area contributed by atoms with Gasteiger partial charge < -0.3 is 19.2 Å². The monoisotopic (exact) mass is 434 g/mol. The molecule has 2 aromatic heterocycles. The van der Waals surface area contributed by atoms with Gasteiger partial charge in [-0.1, -0.05) is 18.7 Å². The van der Waals surface area contributed by atoms with Gasteiger partial charge >= 0.3 is 0 Å². The smallest absolute Gasteiger partial charge is 0.289 e. The van der Waals surface area contributed by atoms with Crippen molar-refractivity contribution in [3.05, 3.63) is 36.0 Å². The van der Waals surface area contributed by atoms with Crippen molar-refractivity contribution < 1.29 is 9.21 Å². The first-order chi connectivity index (χ1) is 12.2. The number of piperidine rings is 1. The zero-order valence-electron chi connectivity index (χ0n) is 15.7. The van der Waals surface area contributed by atoms with Gasteiger partial charge in [0.25, 0.3) is 5.91 Å². The number of hydrogen-bond acceptors (Lipinski definition) is 5. The quantitative estimate of drug-likeness (QED) is 0.674. The molecule has 9 heteroatoms. The summed E-state index contributed by atoms with van der Waals surface area (Å²) in [4.78, 5) is 18.8. The van der Waals surface area contributed by atoms with E-state index in [1.165, 1.54) is 0 Å². The van der Waals surface area contributed by atoms with Gasteiger partial charge in [0, 0.05) is 32.5 Å². The molecule has 3 rings (SSSR count). The molecule has 0 radical (unpaired) electrons. The summed E-state index contributed by atoms with van der Waals surface area (Å²) in [6, 6.07) is 3.68. The van der Waals surface area contributed by atoms with E-state index in [1.807, 2.05) is 28.8 Å². The highest BCUT2D eigenvalue weighted by molar-refractivity contribution is 7.98. The number of imidazole rings is 1. The number of carbonyl (C=O) groups is 1. The fraction of sp³-hybridized carbons (Fsp3) is 0.556. The average Bonchev–Trinajstić information content (AvgIpc) is 3.27. The Morgan fingerprint density at radius 3 is 2.70 bits per heavy atom. The van der Waals surface area contributed by atoms with Gasteiger partial charge in [-0.05, 0) is 44.0 Å². The number of nitrogens with one attached hydrogen (secondary N) is 1. The second-order valence-corrected chi connectivity index (χ2v) is 7.36. The van der Waals surface area contributed by atoms with Crippen LogP contribution in [0.4, 0.5) is 0 Å². The number of amides is 1. The van der Waals surface area contributed by atoms with Crippen LogP contribution in [0.2, 0.25) is 0 Å². The predicted molar refractivity (Wildman–Crippen MR) is 113 cm³/mol. The van der Waals surface area contributed by atoms with Crippen molar-refractivity contribution in [1.29, 1.82) is 0 Å². The van der Waals surface area contributed by atoms with Crippen molar-refractivity contribution in [2.24, 2.45) is 13.0 Å². The highest BCUT2D eigenvalue weighted by Crippen LogP contribution is 2.23. The Hall–Kier alpha value is -1.15. The second kappa shape index (κ2) is 11.6. The Kier molecular flexibility index (Phi) is 10.3. The molecule has 0 unspecified atom stereocenters. The molecule has 1 aliphatic heterocycles. The maximum absolute atomic E-state index is 12.6. The molecule has 6 nitrogen and oxygen atoms in total. The molecule has 1 aliphatic rings. The fourth-order valence-corrected chi connectivity index (χ4v) is 3.87. The normalized spacial score (nSPS) is 14.5. The predicted octanol–water partition coefficient (Wildman–Crippen LogP) is 3.61. The highest BCUT2D eigenvalue weighted by atomic mass is 35.5. The van der Waals surface area contributed by atoms with Crippen LogP contribution in [0, 0.1) is 5.92 Å². The summed E-state index contributed by atoms with van der Waals surface area (Å²) in [5, 5.41) is 4.33. The summed E-state index contributed by atoms with van der Waals surface area (Å²) in [6.07, 6.45) is 5.81. The molecule has 1 N–H and O–H groups in total. The van der Waals surface area contributed by atoms with E-state index in [2.05, 4.69) is 17.2 Å². The SMILES string of the molecule is CCNCC1CCN(C(=O)c2ccc(CSc3nccn3C)o2)CC1.Cl.Cl. The first-order valence-electron chi connectivity index (χ1n) is 8.86. The van der Waals surface area contributed by atoms with Gasteiger partial charge in [-0.15, -0.1) is 24.8 Å². The largest absolute Gasteiger partial charge is 0.455 e. The molecular formula is C18H28Cl2N4O2S. The fourth-order valence-electron chi connectivity index (χ4n) is 3.04. The van der Waals surface area contributed by atoms with Gasteiger partial charge in [0.15, 0.2) is 10.9 Å². The Bertz CT molecular complexity index is 699. The van der Waals surface area contributed by atoms with Crippen LogP contribution in [0.25, 0.3) is 0 Å². The number of hydrogen-bond donors (Lipinski definition) is 1. The number of carbonyl (C=O) groups excluding carboxylic acids is 1. The van der Waals surface area contributed by atoms with E-state index in [-0.39, 0.29) is 30.7 Å². The van der Waals surface area contributed by atoms with Gasteiger partial charge in [0.05, 0.1) is 5.75 Å². The van der Waals surface area contributed by atoms with E-state index < -0.39 is 0 Å². The van der Waals surface area contributed by atoms with Gasteiger partial charge in [-0.25, -0.2) is 4.98 Å². The van der Waals surface area contributed by atoms with Crippen LogP contribution in [-0.2, 0) is 12.8 Å². The molecule has 1 fully saturated rings. The first-order valence-corrected chi connectivity index (χ1v) is 9.84. The van der Waals surface area contributed by atoms with E-state index in [9.17, 15) is 4.79 Å². The molecule has 0 aromatic carbocycles. The van der Waals surface area contributed by atoms with E-state index >= 15 is 0 Å². The van der Waals surface area contributed by atoms with E-state index in [0.717, 1.165) is 49.9 Å². The summed E-state index contributed by atoms with van der Waals surface area (Å²) in [5.74, 6) is 2.60. The standard InChI is InChI=1S/C18H26N4O2S.2ClH/c1-3-19-12-14-6-9-22(10-7-14)17(23)16-5-4-15(24-16)13-25-18-20-8-11-21(18)2;;/h4-5,8,11,14,19H,3,6-7,9-10,12-13H2,1-2H3;2*1H. The zero-order valence-corrected chi connectivity index (χ0v) is 18.2. The number of aryl methyl sites for hydroxylation is 1. The minimum atomic E-state index is 0. The third-order valence-corrected chi connectivity index (χ3v) is 5.66. The molecule has 0 spiro atoms. The number of likely N-dealkylation sites (tertiary alicyclic amines) is 1. The van der Waals surface area contributed by atoms with Crippen LogP contribution in [0.1, 0.15) is 36.1 Å². The lowest BCUT2D eigenvalue weighted by Gasteiger charge is -2.31. The van der Waals surface area contributed by atoms with Crippen LogP contribution >= 0.6 is 36.6 Å². The van der Waals surface area contributed by atoms with Crippen molar-refractivity contribution in [2.45, 2.75) is 30.7 Å². The molecule has 0 atom stereocenters. The highest BCUT2D eigenvalue weighted by Gasteiger charge is 2.25. The Labute approximate surface area is 177 Å². The van der Waals surface area contributed by atoms with Crippen LogP contribution in [-0.4, -0.2) is 46.5 Å². The average molecular weight is 435 g/mol. The number of thioether (sulfide) groups is 1. The molecule has 152 valence electrons. The van der Waals surface area contributed by atoms with Gasteiger partial charge in [-0.3, -0.25) is 4.79 Å². The third-order valence-electron chi connectivity index (χ3n) is 4.58. The number of furan rings is 1. The lowest BCUT2D eigenvalue weighted by molar-refractivity contribution is 0.0657. The second-order valence-electron chi connectivity index (χ2n) is 6.42. The molecule has 0 saturated carbocycles. The molecule has 0 aliphatic carbocycles.